The van der Waals surface area contributed by atoms with Gasteiger partial charge in [-0.1, -0.05) is 54.6 Å². The van der Waals surface area contributed by atoms with Crippen LogP contribution in [0, 0.1) is 0 Å². The number of hydrogen-bond donors (Lipinski definition) is 2. The molecule has 0 atom stereocenters. The Hall–Kier alpha value is -3.87. The number of hydrogen-bond acceptors (Lipinski definition) is 4. The summed E-state index contributed by atoms with van der Waals surface area (Å²) in [5.41, 5.74) is 4.60. The Balaban J connectivity index is 1.60. The average molecular weight is 429 g/mol. The SMILES string of the molecule is CN1C(=O)COc2nc(-c3ccc(C4(NC(=O)O)CCC4)cc3)c(-c3ccccc3)cc21. The Labute approximate surface area is 185 Å². The molecule has 2 aromatic carbocycles. The van der Waals surface area contributed by atoms with Crippen LogP contribution in [0.4, 0.5) is 10.5 Å². The number of fused-ring (bicyclic) bond motifs is 1. The van der Waals surface area contributed by atoms with Crippen molar-refractivity contribution >= 4 is 17.7 Å². The first-order valence-corrected chi connectivity index (χ1v) is 10.6. The number of amides is 2. The van der Waals surface area contributed by atoms with Crippen molar-refractivity contribution in [2.75, 3.05) is 18.6 Å². The second-order valence-electron chi connectivity index (χ2n) is 8.26. The number of ether oxygens (including phenoxy) is 1. The van der Waals surface area contributed by atoms with E-state index in [9.17, 15) is 14.7 Å². The Morgan fingerprint density at radius 2 is 1.81 bits per heavy atom. The number of rotatable bonds is 4. The summed E-state index contributed by atoms with van der Waals surface area (Å²) in [7, 11) is 1.72. The van der Waals surface area contributed by atoms with Gasteiger partial charge in [-0.25, -0.2) is 9.78 Å². The van der Waals surface area contributed by atoms with E-state index in [1.807, 2.05) is 60.7 Å². The summed E-state index contributed by atoms with van der Waals surface area (Å²) in [6.07, 6.45) is 1.57. The van der Waals surface area contributed by atoms with Crippen LogP contribution in [0.25, 0.3) is 22.4 Å². The predicted octanol–water partition coefficient (Wildman–Crippen LogP) is 4.42. The van der Waals surface area contributed by atoms with E-state index in [2.05, 4.69) is 5.32 Å². The summed E-state index contributed by atoms with van der Waals surface area (Å²) in [6.45, 7) is -0.0388. The Kier molecular flexibility index (Phi) is 4.81. The summed E-state index contributed by atoms with van der Waals surface area (Å²) < 4.78 is 5.63. The number of carboxylic acid groups (broad SMARTS) is 1. The summed E-state index contributed by atoms with van der Waals surface area (Å²) in [4.78, 5) is 29.8. The van der Waals surface area contributed by atoms with Crippen LogP contribution in [0.5, 0.6) is 5.88 Å². The van der Waals surface area contributed by atoms with E-state index in [1.54, 1.807) is 11.9 Å². The topological polar surface area (TPSA) is 91.8 Å². The first kappa shape index (κ1) is 20.1. The van der Waals surface area contributed by atoms with Crippen molar-refractivity contribution in [1.29, 1.82) is 0 Å². The highest BCUT2D eigenvalue weighted by Gasteiger charge is 2.40. The lowest BCUT2D eigenvalue weighted by Gasteiger charge is -2.42. The van der Waals surface area contributed by atoms with Crippen LogP contribution in [-0.2, 0) is 10.3 Å². The van der Waals surface area contributed by atoms with Gasteiger partial charge in [-0.05, 0) is 36.5 Å². The van der Waals surface area contributed by atoms with Gasteiger partial charge in [0.2, 0.25) is 5.88 Å². The molecule has 5 rings (SSSR count). The van der Waals surface area contributed by atoms with Crippen LogP contribution in [0.1, 0.15) is 24.8 Å². The van der Waals surface area contributed by atoms with Crippen molar-refractivity contribution in [3.63, 3.8) is 0 Å². The number of pyridine rings is 1. The highest BCUT2D eigenvalue weighted by molar-refractivity contribution is 5.98. The smallest absolute Gasteiger partial charge is 0.405 e. The van der Waals surface area contributed by atoms with Crippen LogP contribution < -0.4 is 15.0 Å². The molecular weight excluding hydrogens is 406 g/mol. The van der Waals surface area contributed by atoms with E-state index in [0.29, 0.717) is 11.6 Å². The van der Waals surface area contributed by atoms with Gasteiger partial charge < -0.3 is 20.1 Å². The van der Waals surface area contributed by atoms with Crippen molar-refractivity contribution in [1.82, 2.24) is 10.3 Å². The molecule has 3 aromatic rings. The van der Waals surface area contributed by atoms with Gasteiger partial charge in [0.15, 0.2) is 6.61 Å². The van der Waals surface area contributed by atoms with Gasteiger partial charge in [0.25, 0.3) is 5.91 Å². The first-order valence-electron chi connectivity index (χ1n) is 10.6. The van der Waals surface area contributed by atoms with E-state index in [1.165, 1.54) is 0 Å². The van der Waals surface area contributed by atoms with Crippen molar-refractivity contribution in [2.45, 2.75) is 24.8 Å². The molecule has 2 amide bonds. The zero-order chi connectivity index (χ0) is 22.3. The van der Waals surface area contributed by atoms with Gasteiger partial charge in [0, 0.05) is 18.2 Å². The highest BCUT2D eigenvalue weighted by atomic mass is 16.5. The zero-order valence-corrected chi connectivity index (χ0v) is 17.7. The maximum absolute atomic E-state index is 12.1. The fourth-order valence-electron chi connectivity index (χ4n) is 4.42. The lowest BCUT2D eigenvalue weighted by Crippen LogP contribution is -2.50. The lowest BCUT2D eigenvalue weighted by atomic mass is 9.71. The fraction of sp³-hybridized carbons (Fsp3) is 0.240. The predicted molar refractivity (Wildman–Crippen MR) is 121 cm³/mol. The largest absolute Gasteiger partial charge is 0.466 e. The van der Waals surface area contributed by atoms with Crippen molar-refractivity contribution in [3.8, 4) is 28.3 Å². The molecule has 1 fully saturated rings. The third-order valence-corrected chi connectivity index (χ3v) is 6.39. The molecule has 2 heterocycles. The number of carbonyl (C=O) groups excluding carboxylic acids is 1. The Morgan fingerprint density at radius 3 is 2.44 bits per heavy atom. The molecule has 7 heteroatoms. The quantitative estimate of drug-likeness (QED) is 0.641. The van der Waals surface area contributed by atoms with E-state index in [4.69, 9.17) is 9.72 Å². The van der Waals surface area contributed by atoms with E-state index >= 15 is 0 Å². The molecule has 0 unspecified atom stereocenters. The van der Waals surface area contributed by atoms with Crippen molar-refractivity contribution in [3.05, 3.63) is 66.2 Å². The van der Waals surface area contributed by atoms with Crippen LogP contribution in [-0.4, -0.2) is 35.7 Å². The maximum atomic E-state index is 12.1. The molecule has 0 radical (unpaired) electrons. The molecule has 32 heavy (non-hydrogen) atoms. The van der Waals surface area contributed by atoms with Gasteiger partial charge in [0.05, 0.1) is 11.2 Å². The molecule has 162 valence electrons. The van der Waals surface area contributed by atoms with E-state index in [0.717, 1.165) is 47.2 Å². The highest BCUT2D eigenvalue weighted by Crippen LogP contribution is 2.43. The number of carbonyl (C=O) groups is 2. The average Bonchev–Trinajstić information content (AvgIpc) is 2.79. The van der Waals surface area contributed by atoms with Crippen molar-refractivity contribution < 1.29 is 19.4 Å². The summed E-state index contributed by atoms with van der Waals surface area (Å²) in [5, 5.41) is 12.0. The first-order chi connectivity index (χ1) is 15.5. The van der Waals surface area contributed by atoms with Gasteiger partial charge >= 0.3 is 6.09 Å². The minimum absolute atomic E-state index is 0.0388. The number of anilines is 1. The lowest BCUT2D eigenvalue weighted by molar-refractivity contribution is -0.121. The molecule has 1 aliphatic carbocycles. The minimum Gasteiger partial charge on any atom is -0.466 e. The molecule has 0 bridgehead atoms. The molecule has 1 saturated carbocycles. The third kappa shape index (κ3) is 3.36. The minimum atomic E-state index is -1.01. The Morgan fingerprint density at radius 1 is 1.09 bits per heavy atom. The van der Waals surface area contributed by atoms with Gasteiger partial charge in [-0.2, -0.15) is 0 Å². The van der Waals surface area contributed by atoms with Crippen LogP contribution in [0.3, 0.4) is 0 Å². The van der Waals surface area contributed by atoms with Crippen molar-refractivity contribution in [2.24, 2.45) is 0 Å². The summed E-state index contributed by atoms with van der Waals surface area (Å²) >= 11 is 0. The number of likely N-dealkylation sites (N-methyl/N-ethyl adjacent to an activating group) is 1. The molecule has 1 aliphatic heterocycles. The summed E-state index contributed by atoms with van der Waals surface area (Å²) in [6, 6.07) is 19.7. The summed E-state index contributed by atoms with van der Waals surface area (Å²) in [5.74, 6) is 0.306. The fourth-order valence-corrected chi connectivity index (χ4v) is 4.42. The number of nitrogens with zero attached hydrogens (tertiary/aromatic N) is 2. The van der Waals surface area contributed by atoms with E-state index in [-0.39, 0.29) is 12.5 Å². The van der Waals surface area contributed by atoms with Gasteiger partial charge in [0.1, 0.15) is 5.69 Å². The molecule has 2 aliphatic rings. The van der Waals surface area contributed by atoms with Crippen LogP contribution in [0.15, 0.2) is 60.7 Å². The second kappa shape index (κ2) is 7.67. The molecule has 2 N–H and O–H groups in total. The third-order valence-electron chi connectivity index (χ3n) is 6.39. The number of benzene rings is 2. The standard InChI is InChI=1S/C25H23N3O4/c1-28-20-14-19(16-6-3-2-4-7-16)22(26-23(20)32-15-21(28)29)17-8-10-18(11-9-17)25(12-5-13-25)27-24(30)31/h2-4,6-11,14,27H,5,12-13,15H2,1H3,(H,30,31). The Bertz CT molecular complexity index is 1190. The van der Waals surface area contributed by atoms with Crippen LogP contribution >= 0.6 is 0 Å². The monoisotopic (exact) mass is 429 g/mol. The molecule has 0 saturated heterocycles. The van der Waals surface area contributed by atoms with Crippen LogP contribution in [0.2, 0.25) is 0 Å². The molecule has 0 spiro atoms. The molecule has 1 aromatic heterocycles. The maximum Gasteiger partial charge on any atom is 0.405 e. The number of nitrogens with one attached hydrogen (secondary N) is 1. The number of aromatic nitrogens is 1. The molecule has 7 nitrogen and oxygen atoms in total. The zero-order valence-electron chi connectivity index (χ0n) is 17.7. The molecular formula is C25H23N3O4. The van der Waals surface area contributed by atoms with Gasteiger partial charge in [-0.3, -0.25) is 4.79 Å². The normalized spacial score (nSPS) is 16.5. The van der Waals surface area contributed by atoms with E-state index < -0.39 is 11.6 Å². The second-order valence-corrected chi connectivity index (χ2v) is 8.26. The van der Waals surface area contributed by atoms with Gasteiger partial charge in [-0.15, -0.1) is 0 Å².